The molecule has 7 fully saturated rings. The molecule has 14 nitrogen and oxygen atoms in total. The number of hydrogen-bond donors (Lipinski definition) is 5. The average molecular weight is 649 g/mol. The predicted octanol–water partition coefficient (Wildman–Crippen LogP) is 0.0176. The van der Waals surface area contributed by atoms with E-state index in [0.717, 1.165) is 0 Å². The number of hydrogen-bond acceptors (Lipinski definition) is 14. The van der Waals surface area contributed by atoms with E-state index in [4.69, 9.17) is 28.1 Å². The fourth-order valence-corrected chi connectivity index (χ4v) is 12.2. The Bertz CT molecular complexity index is 1550. The molecule has 8 rings (SSSR count). The summed E-state index contributed by atoms with van der Waals surface area (Å²) < 4.78 is 36.1. The zero-order chi connectivity index (χ0) is 33.3. The van der Waals surface area contributed by atoms with E-state index in [1.165, 1.54) is 26.4 Å². The van der Waals surface area contributed by atoms with Crippen LogP contribution in [0.5, 0.6) is 0 Å². The van der Waals surface area contributed by atoms with Gasteiger partial charge in [0.05, 0.1) is 24.0 Å². The number of rotatable bonds is 5. The van der Waals surface area contributed by atoms with Gasteiger partial charge in [-0.15, -0.1) is 0 Å². The smallest absolute Gasteiger partial charge is 0.306 e. The molecule has 1 aromatic rings. The number of aliphatic hydroxyl groups excluding tert-OH is 2. The van der Waals surface area contributed by atoms with Crippen molar-refractivity contribution in [1.82, 2.24) is 0 Å². The molecule has 7 aliphatic rings. The average Bonchev–Trinajstić information content (AvgIpc) is 3.79. The number of cyclic esters (lactones) is 1. The van der Waals surface area contributed by atoms with Crippen molar-refractivity contribution in [3.8, 4) is 0 Å². The quantitative estimate of drug-likeness (QED) is 0.211. The molecule has 4 aliphatic carbocycles. The minimum atomic E-state index is -2.62. The minimum Gasteiger partial charge on any atom is -0.472 e. The van der Waals surface area contributed by atoms with Crippen molar-refractivity contribution in [2.75, 3.05) is 6.61 Å². The molecule has 46 heavy (non-hydrogen) atoms. The Morgan fingerprint density at radius 2 is 1.80 bits per heavy atom. The largest absolute Gasteiger partial charge is 0.472 e. The normalized spacial score (nSPS) is 56.2. The van der Waals surface area contributed by atoms with Gasteiger partial charge >= 0.3 is 17.9 Å². The molecule has 4 bridgehead atoms. The maximum atomic E-state index is 13.6. The molecule has 0 radical (unpaired) electrons. The van der Waals surface area contributed by atoms with Crippen molar-refractivity contribution < 1.29 is 68.0 Å². The molecule has 3 saturated heterocycles. The first kappa shape index (κ1) is 30.7. The van der Waals surface area contributed by atoms with Crippen LogP contribution in [-0.2, 0) is 38.1 Å². The highest BCUT2D eigenvalue weighted by atomic mass is 16.8. The van der Waals surface area contributed by atoms with E-state index in [1.54, 1.807) is 26.8 Å². The zero-order valence-corrected chi connectivity index (χ0v) is 26.2. The van der Waals surface area contributed by atoms with Gasteiger partial charge in [-0.1, -0.05) is 20.8 Å². The van der Waals surface area contributed by atoms with Gasteiger partial charge in [-0.25, -0.2) is 0 Å². The topological polar surface area (TPSA) is 212 Å². The molecule has 15 atom stereocenters. The summed E-state index contributed by atoms with van der Waals surface area (Å²) in [6.45, 7) is 6.79. The van der Waals surface area contributed by atoms with Gasteiger partial charge in [-0.3, -0.25) is 14.4 Å². The molecule has 14 heteroatoms. The van der Waals surface area contributed by atoms with Gasteiger partial charge in [-0.05, 0) is 24.8 Å². The van der Waals surface area contributed by atoms with Crippen LogP contribution in [-0.4, -0.2) is 103 Å². The fraction of sp³-hybridized carbons (Fsp3) is 0.781. The number of furan rings is 1. The summed E-state index contributed by atoms with van der Waals surface area (Å²) in [7, 11) is 0. The first-order chi connectivity index (χ1) is 21.4. The maximum Gasteiger partial charge on any atom is 0.306 e. The number of fused-ring (bicyclic) bond motifs is 4. The van der Waals surface area contributed by atoms with Crippen molar-refractivity contribution in [3.05, 3.63) is 24.2 Å². The van der Waals surface area contributed by atoms with Crippen LogP contribution >= 0.6 is 0 Å². The van der Waals surface area contributed by atoms with Gasteiger partial charge in [-0.2, -0.15) is 0 Å². The molecule has 0 amide bonds. The van der Waals surface area contributed by atoms with E-state index in [1.807, 2.05) is 0 Å². The van der Waals surface area contributed by atoms with Crippen LogP contribution in [0.1, 0.15) is 72.0 Å². The van der Waals surface area contributed by atoms with Gasteiger partial charge in [0.15, 0.2) is 11.4 Å². The molecule has 5 N–H and O–H groups in total. The maximum absolute atomic E-state index is 13.6. The van der Waals surface area contributed by atoms with Crippen molar-refractivity contribution in [3.63, 3.8) is 0 Å². The van der Waals surface area contributed by atoms with E-state index in [-0.39, 0.29) is 25.7 Å². The second kappa shape index (κ2) is 8.52. The summed E-state index contributed by atoms with van der Waals surface area (Å²) in [5.41, 5.74) is -14.2. The second-order valence-corrected chi connectivity index (χ2v) is 15.2. The first-order valence-electron chi connectivity index (χ1n) is 15.8. The second-order valence-electron chi connectivity index (χ2n) is 15.2. The molecule has 252 valence electrons. The number of carbonyl (C=O) groups excluding carboxylic acids is 3. The number of carbonyl (C=O) groups is 3. The molecular formula is C32H40O14. The molecule has 0 aromatic carbocycles. The van der Waals surface area contributed by atoms with Crippen molar-refractivity contribution in [1.29, 1.82) is 0 Å². The summed E-state index contributed by atoms with van der Waals surface area (Å²) in [5.74, 6) is -5.64. The van der Waals surface area contributed by atoms with E-state index in [0.29, 0.717) is 5.56 Å². The molecule has 4 heterocycles. The van der Waals surface area contributed by atoms with Gasteiger partial charge < -0.3 is 53.6 Å². The van der Waals surface area contributed by atoms with Crippen LogP contribution in [0, 0.1) is 28.1 Å². The fourth-order valence-electron chi connectivity index (χ4n) is 12.2. The molecule has 15 unspecified atom stereocenters. The Balaban J connectivity index is 1.46. The van der Waals surface area contributed by atoms with E-state index in [9.17, 15) is 39.9 Å². The number of aliphatic hydroxyl groups is 5. The van der Waals surface area contributed by atoms with Crippen molar-refractivity contribution in [2.24, 2.45) is 28.1 Å². The lowest BCUT2D eigenvalue weighted by Gasteiger charge is -2.77. The Morgan fingerprint density at radius 1 is 1.09 bits per heavy atom. The highest BCUT2D eigenvalue weighted by Gasteiger charge is 3.03. The van der Waals surface area contributed by atoms with Gasteiger partial charge in [0.1, 0.15) is 47.8 Å². The minimum absolute atomic E-state index is 0.0166. The van der Waals surface area contributed by atoms with Crippen LogP contribution in [0.15, 0.2) is 23.0 Å². The van der Waals surface area contributed by atoms with Crippen LogP contribution < -0.4 is 0 Å². The monoisotopic (exact) mass is 648 g/mol. The molecule has 2 spiro atoms. The molecule has 3 aliphatic heterocycles. The third-order valence-corrected chi connectivity index (χ3v) is 13.7. The third kappa shape index (κ3) is 2.73. The van der Waals surface area contributed by atoms with E-state index >= 15 is 0 Å². The van der Waals surface area contributed by atoms with E-state index < -0.39 is 111 Å². The lowest BCUT2D eigenvalue weighted by molar-refractivity contribution is -0.450. The number of esters is 3. The molecule has 4 saturated carbocycles. The zero-order valence-electron chi connectivity index (χ0n) is 26.2. The summed E-state index contributed by atoms with van der Waals surface area (Å²) in [4.78, 5) is 38.2. The standard InChI is InChI=1S/C32H40O14/c1-6-27-10-18-26(5,22(43-14(2)33)16-7-8-41-11-16)20(36)21(37)32(40)28-13-42-19(35)9-17(28)25(4)12-29(28,38)30(39,23(25)44-15(3)34)24(45-27)31(18,32)46-27/h7-8,11,17-18,20-24,36-40H,6,9-10,12-13H2,1-5H3. The summed E-state index contributed by atoms with van der Waals surface area (Å²) in [6, 6.07) is 1.56. The SMILES string of the molecule is CCC12CC3C(C)(C(OC(C)=O)c4ccoc4)C(O)C(O)C4(O)C3(O1)C(O2)C1(O)C(OC(C)=O)C2(C)CC1(O)C41COC(=O)CC21. The Morgan fingerprint density at radius 3 is 2.41 bits per heavy atom. The molecular weight excluding hydrogens is 608 g/mol. The van der Waals surface area contributed by atoms with Gasteiger partial charge in [0.2, 0.25) is 0 Å². The first-order valence-corrected chi connectivity index (χ1v) is 15.8. The van der Waals surface area contributed by atoms with Crippen LogP contribution in [0.25, 0.3) is 0 Å². The highest BCUT2D eigenvalue weighted by Crippen LogP contribution is 2.87. The number of ether oxygens (including phenoxy) is 5. The van der Waals surface area contributed by atoms with Crippen molar-refractivity contribution >= 4 is 17.9 Å². The van der Waals surface area contributed by atoms with Crippen LogP contribution in [0.4, 0.5) is 0 Å². The Labute approximate surface area is 263 Å². The van der Waals surface area contributed by atoms with Gasteiger partial charge in [0, 0.05) is 49.0 Å². The van der Waals surface area contributed by atoms with Crippen LogP contribution in [0.3, 0.4) is 0 Å². The lowest BCUT2D eigenvalue weighted by atomic mass is 9.32. The summed E-state index contributed by atoms with van der Waals surface area (Å²) in [6.07, 6.45) is -5.94. The Hall–Kier alpha value is -2.59. The van der Waals surface area contributed by atoms with Crippen molar-refractivity contribution in [2.45, 2.75) is 119 Å². The lowest BCUT2D eigenvalue weighted by Crippen LogP contribution is -2.97. The highest BCUT2D eigenvalue weighted by molar-refractivity contribution is 5.73. The van der Waals surface area contributed by atoms with Gasteiger partial charge in [0.25, 0.3) is 0 Å². The molecule has 1 aromatic heterocycles. The predicted molar refractivity (Wildman–Crippen MR) is 148 cm³/mol. The van der Waals surface area contributed by atoms with Crippen LogP contribution in [0.2, 0.25) is 0 Å². The summed E-state index contributed by atoms with van der Waals surface area (Å²) in [5, 5.41) is 64.6. The Kier molecular flexibility index (Phi) is 5.69. The van der Waals surface area contributed by atoms with E-state index in [2.05, 4.69) is 0 Å². The third-order valence-electron chi connectivity index (χ3n) is 13.7. The summed E-state index contributed by atoms with van der Waals surface area (Å²) >= 11 is 0.